The molecule has 0 fully saturated rings. The second kappa shape index (κ2) is 8.62. The Labute approximate surface area is 204 Å². The first-order valence-corrected chi connectivity index (χ1v) is 11.4. The number of benzene rings is 3. The maximum atomic E-state index is 12.6. The van der Waals surface area contributed by atoms with Crippen molar-refractivity contribution in [1.82, 2.24) is 4.57 Å². The van der Waals surface area contributed by atoms with Gasteiger partial charge in [0, 0.05) is 16.6 Å². The summed E-state index contributed by atoms with van der Waals surface area (Å²) >= 11 is 0. The van der Waals surface area contributed by atoms with Crippen LogP contribution in [0.5, 0.6) is 5.75 Å². The van der Waals surface area contributed by atoms with Crippen LogP contribution in [0.15, 0.2) is 72.8 Å². The quantitative estimate of drug-likeness (QED) is 0.333. The standard InChI is InChI=1S/C29H29NO5/c1-28(2,3)19-12-10-18(11-13-19)24-22-8-6-7-9-23(22)30(25(24)26(31)32)20-14-16-21(17-15-20)35-29(4,5)27(33)34/h6-17H,1-5H3,(H,31,32)(H,33,34). The lowest BCUT2D eigenvalue weighted by atomic mass is 9.86. The Kier molecular flexibility index (Phi) is 5.93. The fraction of sp³-hybridized carbons (Fsp3) is 0.241. The van der Waals surface area contributed by atoms with Gasteiger partial charge in [-0.25, -0.2) is 9.59 Å². The molecule has 0 bridgehead atoms. The number of nitrogens with zero attached hydrogens (tertiary/aromatic N) is 1. The first kappa shape index (κ1) is 24.1. The second-order valence-corrected chi connectivity index (χ2v) is 10.1. The monoisotopic (exact) mass is 471 g/mol. The summed E-state index contributed by atoms with van der Waals surface area (Å²) in [6.45, 7) is 9.37. The topological polar surface area (TPSA) is 88.8 Å². The van der Waals surface area contributed by atoms with Crippen molar-refractivity contribution in [2.75, 3.05) is 0 Å². The van der Waals surface area contributed by atoms with E-state index in [1.54, 1.807) is 28.8 Å². The maximum absolute atomic E-state index is 12.6. The van der Waals surface area contributed by atoms with E-state index < -0.39 is 17.5 Å². The van der Waals surface area contributed by atoms with E-state index in [1.807, 2.05) is 48.5 Å². The van der Waals surface area contributed by atoms with Gasteiger partial charge >= 0.3 is 11.9 Å². The molecule has 4 aromatic rings. The van der Waals surface area contributed by atoms with Gasteiger partial charge in [0.25, 0.3) is 0 Å². The Morgan fingerprint density at radius 3 is 1.94 bits per heavy atom. The van der Waals surface area contributed by atoms with Crippen molar-refractivity contribution in [3.63, 3.8) is 0 Å². The van der Waals surface area contributed by atoms with Crippen molar-refractivity contribution in [2.24, 2.45) is 0 Å². The summed E-state index contributed by atoms with van der Waals surface area (Å²) in [4.78, 5) is 24.0. The molecule has 0 spiro atoms. The highest BCUT2D eigenvalue weighted by Crippen LogP contribution is 2.38. The molecule has 0 atom stereocenters. The summed E-state index contributed by atoms with van der Waals surface area (Å²) in [5, 5.41) is 20.5. The summed E-state index contributed by atoms with van der Waals surface area (Å²) < 4.78 is 7.33. The van der Waals surface area contributed by atoms with E-state index in [1.165, 1.54) is 19.4 Å². The fourth-order valence-corrected chi connectivity index (χ4v) is 4.14. The van der Waals surface area contributed by atoms with E-state index in [4.69, 9.17) is 4.74 Å². The van der Waals surface area contributed by atoms with Gasteiger partial charge in [-0.1, -0.05) is 63.2 Å². The summed E-state index contributed by atoms with van der Waals surface area (Å²) in [6.07, 6.45) is 0. The number of aliphatic carboxylic acids is 1. The molecular formula is C29H29NO5. The van der Waals surface area contributed by atoms with Gasteiger partial charge in [0.2, 0.25) is 0 Å². The Bertz CT molecular complexity index is 1400. The van der Waals surface area contributed by atoms with Crippen molar-refractivity contribution in [3.8, 4) is 22.6 Å². The van der Waals surface area contributed by atoms with Crippen molar-refractivity contribution in [3.05, 3.63) is 84.1 Å². The van der Waals surface area contributed by atoms with E-state index in [0.717, 1.165) is 16.5 Å². The predicted octanol–water partition coefficient (Wildman–Crippen LogP) is 6.54. The molecule has 1 aromatic heterocycles. The molecule has 0 radical (unpaired) electrons. The van der Waals surface area contributed by atoms with Gasteiger partial charge in [0.05, 0.1) is 5.52 Å². The summed E-state index contributed by atoms with van der Waals surface area (Å²) in [7, 11) is 0. The van der Waals surface area contributed by atoms with E-state index in [-0.39, 0.29) is 11.1 Å². The SMILES string of the molecule is CC(C)(Oc1ccc(-n2c(C(=O)O)c(-c3ccc(C(C)(C)C)cc3)c3ccccc32)cc1)C(=O)O. The number of carboxylic acids is 2. The van der Waals surface area contributed by atoms with Gasteiger partial charge in [0.15, 0.2) is 5.60 Å². The van der Waals surface area contributed by atoms with Crippen LogP contribution in [0, 0.1) is 0 Å². The Hall–Kier alpha value is -4.06. The third kappa shape index (κ3) is 4.52. The normalized spacial score (nSPS) is 12.0. The van der Waals surface area contributed by atoms with E-state index in [9.17, 15) is 19.8 Å². The zero-order valence-corrected chi connectivity index (χ0v) is 20.5. The molecule has 0 aliphatic heterocycles. The number of ether oxygens (including phenoxy) is 1. The molecule has 1 heterocycles. The minimum absolute atomic E-state index is 0.0127. The van der Waals surface area contributed by atoms with Crippen LogP contribution in [0.2, 0.25) is 0 Å². The molecule has 2 N–H and O–H groups in total. The molecule has 35 heavy (non-hydrogen) atoms. The van der Waals surface area contributed by atoms with Crippen LogP contribution in [-0.4, -0.2) is 32.3 Å². The Morgan fingerprint density at radius 1 is 0.800 bits per heavy atom. The first-order chi connectivity index (χ1) is 16.4. The molecule has 6 nitrogen and oxygen atoms in total. The third-order valence-electron chi connectivity index (χ3n) is 6.10. The fourth-order valence-electron chi connectivity index (χ4n) is 4.14. The lowest BCUT2D eigenvalue weighted by Crippen LogP contribution is -2.37. The van der Waals surface area contributed by atoms with Gasteiger partial charge in [0.1, 0.15) is 11.4 Å². The van der Waals surface area contributed by atoms with Crippen molar-refractivity contribution < 1.29 is 24.5 Å². The van der Waals surface area contributed by atoms with Crippen molar-refractivity contribution in [1.29, 1.82) is 0 Å². The molecule has 0 aliphatic rings. The maximum Gasteiger partial charge on any atom is 0.353 e. The molecule has 0 saturated heterocycles. The Balaban J connectivity index is 1.88. The number of aromatic carboxylic acids is 1. The molecule has 3 aromatic carbocycles. The van der Waals surface area contributed by atoms with Gasteiger partial charge in [-0.2, -0.15) is 0 Å². The van der Waals surface area contributed by atoms with Crippen LogP contribution in [0.4, 0.5) is 0 Å². The van der Waals surface area contributed by atoms with Crippen LogP contribution in [0.25, 0.3) is 27.7 Å². The van der Waals surface area contributed by atoms with Crippen LogP contribution < -0.4 is 4.74 Å². The predicted molar refractivity (Wildman–Crippen MR) is 137 cm³/mol. The first-order valence-electron chi connectivity index (χ1n) is 11.4. The molecule has 180 valence electrons. The smallest absolute Gasteiger partial charge is 0.353 e. The molecular weight excluding hydrogens is 442 g/mol. The summed E-state index contributed by atoms with van der Waals surface area (Å²) in [6, 6.07) is 22.4. The zero-order chi connectivity index (χ0) is 25.5. The number of para-hydroxylation sites is 1. The molecule has 6 heteroatoms. The number of fused-ring (bicyclic) bond motifs is 1. The third-order valence-corrected chi connectivity index (χ3v) is 6.10. The second-order valence-electron chi connectivity index (χ2n) is 10.1. The minimum Gasteiger partial charge on any atom is -0.478 e. The van der Waals surface area contributed by atoms with Crippen molar-refractivity contribution in [2.45, 2.75) is 45.6 Å². The Morgan fingerprint density at radius 2 is 1.40 bits per heavy atom. The van der Waals surface area contributed by atoms with Crippen LogP contribution >= 0.6 is 0 Å². The largest absolute Gasteiger partial charge is 0.478 e. The number of hydrogen-bond donors (Lipinski definition) is 2. The molecule has 4 rings (SSSR count). The highest BCUT2D eigenvalue weighted by atomic mass is 16.5. The van der Waals surface area contributed by atoms with Gasteiger partial charge in [-0.15, -0.1) is 0 Å². The number of rotatable bonds is 6. The number of hydrogen-bond acceptors (Lipinski definition) is 3. The van der Waals surface area contributed by atoms with E-state index in [0.29, 0.717) is 17.0 Å². The number of carboxylic acid groups (broad SMARTS) is 2. The van der Waals surface area contributed by atoms with E-state index in [2.05, 4.69) is 20.8 Å². The number of aromatic nitrogens is 1. The van der Waals surface area contributed by atoms with Crippen LogP contribution in [-0.2, 0) is 10.2 Å². The molecule has 0 aliphatic carbocycles. The van der Waals surface area contributed by atoms with E-state index >= 15 is 0 Å². The lowest BCUT2D eigenvalue weighted by molar-refractivity contribution is -0.152. The zero-order valence-electron chi connectivity index (χ0n) is 20.5. The van der Waals surface area contributed by atoms with Gasteiger partial charge in [-0.3, -0.25) is 0 Å². The highest BCUT2D eigenvalue weighted by molar-refractivity contribution is 6.09. The van der Waals surface area contributed by atoms with Crippen LogP contribution in [0.1, 0.15) is 50.7 Å². The highest BCUT2D eigenvalue weighted by Gasteiger charge is 2.30. The lowest BCUT2D eigenvalue weighted by Gasteiger charge is -2.21. The number of carbonyl (C=O) groups is 2. The molecule has 0 amide bonds. The molecule has 0 saturated carbocycles. The van der Waals surface area contributed by atoms with Crippen LogP contribution in [0.3, 0.4) is 0 Å². The molecule has 0 unspecified atom stereocenters. The average molecular weight is 472 g/mol. The summed E-state index contributed by atoms with van der Waals surface area (Å²) in [5.74, 6) is -1.73. The van der Waals surface area contributed by atoms with Crippen molar-refractivity contribution >= 4 is 22.8 Å². The van der Waals surface area contributed by atoms with Gasteiger partial charge in [-0.05, 0) is 60.7 Å². The summed E-state index contributed by atoms with van der Waals surface area (Å²) in [5.41, 5.74) is 2.81. The minimum atomic E-state index is -1.39. The van der Waals surface area contributed by atoms with Gasteiger partial charge < -0.3 is 19.5 Å². The average Bonchev–Trinajstić information content (AvgIpc) is 3.14.